The van der Waals surface area contributed by atoms with E-state index in [1.54, 1.807) is 0 Å². The fourth-order valence-corrected chi connectivity index (χ4v) is 5.44. The first-order valence-corrected chi connectivity index (χ1v) is 12.2. The molecule has 0 spiro atoms. The number of phosphoric acid groups is 3. The molecule has 35 heavy (non-hydrogen) atoms. The summed E-state index contributed by atoms with van der Waals surface area (Å²) in [5.74, 6) is -0.128. The van der Waals surface area contributed by atoms with Gasteiger partial charge in [-0.15, -0.1) is 0 Å². The number of fused-ring (bicyclic) bond motifs is 1. The average Bonchev–Trinajstić information content (AvgIpc) is 3.11. The van der Waals surface area contributed by atoms with Crippen molar-refractivity contribution < 1.29 is 180 Å². The maximum absolute atomic E-state index is 11.6. The summed E-state index contributed by atoms with van der Waals surface area (Å²) < 4.78 is 50.2. The third kappa shape index (κ3) is 11.2. The van der Waals surface area contributed by atoms with Gasteiger partial charge >= 0.3 is 118 Å². The first-order chi connectivity index (χ1) is 14.2. The molecule has 0 aliphatic carbocycles. The monoisotopic (exact) mass is 595 g/mol. The summed E-state index contributed by atoms with van der Waals surface area (Å²) in [6.07, 6.45) is -3.80. The summed E-state index contributed by atoms with van der Waals surface area (Å²) in [5, 5.41) is 20.3. The molecule has 0 aromatic carbocycles. The van der Waals surface area contributed by atoms with E-state index in [9.17, 15) is 43.5 Å². The molecular weight excluding hydrogens is 583 g/mol. The van der Waals surface area contributed by atoms with Crippen LogP contribution in [0.15, 0.2) is 12.5 Å². The van der Waals surface area contributed by atoms with E-state index in [4.69, 9.17) is 10.5 Å². The number of hydrogen-bond acceptors (Lipinski definition) is 17. The van der Waals surface area contributed by atoms with Crippen LogP contribution in [0.25, 0.3) is 11.2 Å². The molecule has 1 saturated heterocycles. The number of anilines is 1. The summed E-state index contributed by atoms with van der Waals surface area (Å²) in [6, 6.07) is 0. The zero-order valence-corrected chi connectivity index (χ0v) is 29.4. The molecule has 3 heterocycles. The van der Waals surface area contributed by atoms with Crippen LogP contribution in [0.4, 0.5) is 5.95 Å². The molecule has 4 N–H and O–H groups in total. The Hall–Kier alpha value is 2.64. The number of aliphatic hydroxyl groups is 2. The Kier molecular flexibility index (Phi) is 17.7. The molecule has 1 fully saturated rings. The van der Waals surface area contributed by atoms with E-state index in [1.165, 1.54) is 17.1 Å². The number of imidazole rings is 1. The Labute approximate surface area is 285 Å². The standard InChI is InChI=1S/C10H16N5O13P3.4Na/c11-10-12-1-4-8(14-10)15(3-13-4)9-7(17)6(16)5(26-9)2-25-30(21,22)28-31(23,24)27-29(18,19)20;;;;/h1,3,5-7,9,16-17H,2H2,(H,21,22)(H,23,24)(H2,11,12,14)(H2,18,19,20);;;;/q;4*+1/p-4/t5-,6-,7-,9-;;;;/m1..../s1. The van der Waals surface area contributed by atoms with Crippen LogP contribution in [0, 0.1) is 0 Å². The van der Waals surface area contributed by atoms with Gasteiger partial charge in [-0.2, -0.15) is 4.98 Å². The number of nitrogen functional groups attached to an aromatic ring is 1. The molecule has 25 heteroatoms. The normalized spacial score (nSPS) is 25.2. The Morgan fingerprint density at radius 3 is 2.17 bits per heavy atom. The second kappa shape index (κ2) is 15.6. The second-order valence-electron chi connectivity index (χ2n) is 5.94. The number of ether oxygens (including phenoxy) is 1. The molecule has 2 aromatic heterocycles. The minimum absolute atomic E-state index is 0. The SMILES string of the molecule is Nc1ncc2ncn([C@@H]3O[C@H](COP(=O)([O-])OP(=O)([O-])OP(=O)([O-])[O-])[C@@H](O)[C@H]3O)c2n1.[Na+].[Na+].[Na+].[Na+]. The molecule has 3 rings (SSSR count). The molecule has 18 nitrogen and oxygen atoms in total. The van der Waals surface area contributed by atoms with Crippen LogP contribution in [0.5, 0.6) is 0 Å². The molecule has 0 amide bonds. The molecule has 174 valence electrons. The maximum atomic E-state index is 11.6. The van der Waals surface area contributed by atoms with Crippen molar-refractivity contribution in [1.82, 2.24) is 19.5 Å². The van der Waals surface area contributed by atoms with Gasteiger partial charge in [-0.25, -0.2) is 14.3 Å². The summed E-state index contributed by atoms with van der Waals surface area (Å²) in [5.41, 5.74) is 5.87. The van der Waals surface area contributed by atoms with E-state index in [0.29, 0.717) is 0 Å². The van der Waals surface area contributed by atoms with Gasteiger partial charge in [0, 0.05) is 0 Å². The molecule has 2 aromatic rings. The van der Waals surface area contributed by atoms with Gasteiger partial charge in [0.1, 0.15) is 23.8 Å². The number of rotatable bonds is 8. The summed E-state index contributed by atoms with van der Waals surface area (Å²) in [4.78, 5) is 54.9. The molecule has 1 aliphatic rings. The minimum Gasteiger partial charge on any atom is -0.790 e. The number of nitrogens with zero attached hydrogens (tertiary/aromatic N) is 4. The summed E-state index contributed by atoms with van der Waals surface area (Å²) >= 11 is 0. The molecule has 1 aliphatic heterocycles. The Balaban J connectivity index is 0. The van der Waals surface area contributed by atoms with Gasteiger partial charge in [-0.3, -0.25) is 18.0 Å². The van der Waals surface area contributed by atoms with Crippen LogP contribution in [0.3, 0.4) is 0 Å². The molecule has 0 saturated carbocycles. The average molecular weight is 595 g/mol. The van der Waals surface area contributed by atoms with Gasteiger partial charge < -0.3 is 49.3 Å². The van der Waals surface area contributed by atoms with Crippen molar-refractivity contribution in [3.8, 4) is 0 Å². The van der Waals surface area contributed by atoms with Crippen molar-refractivity contribution in [3.05, 3.63) is 12.5 Å². The van der Waals surface area contributed by atoms with Gasteiger partial charge in [-0.05, 0) is 0 Å². The van der Waals surface area contributed by atoms with Crippen LogP contribution >= 0.6 is 23.5 Å². The first kappa shape index (κ1) is 39.8. The van der Waals surface area contributed by atoms with Crippen LogP contribution < -0.4 is 144 Å². The third-order valence-corrected chi connectivity index (χ3v) is 7.41. The Morgan fingerprint density at radius 2 is 1.60 bits per heavy atom. The van der Waals surface area contributed by atoms with Gasteiger partial charge in [0.05, 0.1) is 27.0 Å². The van der Waals surface area contributed by atoms with E-state index in [0.717, 1.165) is 0 Å². The van der Waals surface area contributed by atoms with E-state index in [-0.39, 0.29) is 135 Å². The molecule has 0 bridgehead atoms. The van der Waals surface area contributed by atoms with Crippen molar-refractivity contribution in [2.45, 2.75) is 24.5 Å². The summed E-state index contributed by atoms with van der Waals surface area (Å²) in [7, 11) is -18.1. The van der Waals surface area contributed by atoms with Crippen molar-refractivity contribution in [3.63, 3.8) is 0 Å². The fourth-order valence-electron chi connectivity index (χ4n) is 2.57. The van der Waals surface area contributed by atoms with Gasteiger partial charge in [0.15, 0.2) is 11.9 Å². The second-order valence-corrected chi connectivity index (χ2v) is 10.2. The number of phosphoric ester groups is 1. The topological polar surface area (TPSA) is 290 Å². The predicted molar refractivity (Wildman–Crippen MR) is 86.6 cm³/mol. The summed E-state index contributed by atoms with van der Waals surface area (Å²) in [6.45, 7) is -1.08. The number of aliphatic hydroxyl groups excluding tert-OH is 2. The molecule has 0 radical (unpaired) electrons. The first-order valence-electron chi connectivity index (χ1n) is 7.85. The van der Waals surface area contributed by atoms with Crippen LogP contribution in [0.2, 0.25) is 0 Å². The molecular formula is C10H12N5Na4O13P3. The van der Waals surface area contributed by atoms with Crippen molar-refractivity contribution >= 4 is 40.6 Å². The Morgan fingerprint density at radius 1 is 1.00 bits per heavy atom. The van der Waals surface area contributed by atoms with Crippen molar-refractivity contribution in [2.24, 2.45) is 0 Å². The molecule has 2 unspecified atom stereocenters. The zero-order valence-electron chi connectivity index (χ0n) is 18.8. The van der Waals surface area contributed by atoms with Gasteiger partial charge in [-0.1, -0.05) is 0 Å². The third-order valence-electron chi connectivity index (χ3n) is 3.74. The van der Waals surface area contributed by atoms with E-state index in [1.807, 2.05) is 0 Å². The van der Waals surface area contributed by atoms with Gasteiger partial charge in [0.25, 0.3) is 15.6 Å². The smallest absolute Gasteiger partial charge is 0.790 e. The van der Waals surface area contributed by atoms with Gasteiger partial charge in [0.2, 0.25) is 5.95 Å². The van der Waals surface area contributed by atoms with E-state index >= 15 is 0 Å². The largest absolute Gasteiger partial charge is 1.00 e. The predicted octanol–water partition coefficient (Wildman–Crippen LogP) is -16.1. The minimum atomic E-state index is -6.14. The zero-order chi connectivity index (χ0) is 23.2. The molecule has 6 atom stereocenters. The maximum Gasteiger partial charge on any atom is 1.00 e. The van der Waals surface area contributed by atoms with Crippen LogP contribution in [-0.4, -0.2) is 54.7 Å². The van der Waals surface area contributed by atoms with Crippen molar-refractivity contribution in [2.75, 3.05) is 12.3 Å². The number of hydrogen-bond donors (Lipinski definition) is 3. The van der Waals surface area contributed by atoms with Crippen LogP contribution in [0.1, 0.15) is 6.23 Å². The fraction of sp³-hybridized carbons (Fsp3) is 0.500. The number of aromatic nitrogens is 4. The van der Waals surface area contributed by atoms with Crippen molar-refractivity contribution in [1.29, 1.82) is 0 Å². The van der Waals surface area contributed by atoms with E-state index in [2.05, 4.69) is 28.1 Å². The van der Waals surface area contributed by atoms with E-state index < -0.39 is 54.6 Å². The quantitative estimate of drug-likeness (QED) is 0.188. The Bertz CT molecular complexity index is 1120. The number of nitrogens with two attached hydrogens (primary N) is 1. The van der Waals surface area contributed by atoms with Crippen LogP contribution in [-0.2, 0) is 31.6 Å².